The van der Waals surface area contributed by atoms with Gasteiger partial charge in [-0.2, -0.15) is 5.10 Å². The molecule has 4 nitrogen and oxygen atoms in total. The fourth-order valence-electron chi connectivity index (χ4n) is 2.36. The summed E-state index contributed by atoms with van der Waals surface area (Å²) in [5.41, 5.74) is 7.08. The summed E-state index contributed by atoms with van der Waals surface area (Å²) in [6.45, 7) is 4.46. The lowest BCUT2D eigenvalue weighted by molar-refractivity contribution is 0.106. The fourth-order valence-corrected chi connectivity index (χ4v) is 2.36. The molecule has 2 aromatic rings. The predicted octanol–water partition coefficient (Wildman–Crippen LogP) is 3.74. The van der Waals surface area contributed by atoms with Gasteiger partial charge in [0.15, 0.2) is 0 Å². The quantitative estimate of drug-likeness (QED) is 0.858. The summed E-state index contributed by atoms with van der Waals surface area (Å²) >= 11 is 0. The Labute approximate surface area is 129 Å². The van der Waals surface area contributed by atoms with Crippen molar-refractivity contribution in [2.24, 2.45) is 5.10 Å². The maximum Gasteiger partial charge on any atom is 0.212 e. The van der Waals surface area contributed by atoms with E-state index >= 15 is 0 Å². The topological polar surface area (TPSA) is 50.7 Å². The minimum Gasteiger partial charge on any atom is -0.492 e. The Balaban J connectivity index is 1.90. The van der Waals surface area contributed by atoms with E-state index in [1.807, 2.05) is 56.3 Å². The minimum absolute atomic E-state index is 0.0703. The Morgan fingerprint density at radius 1 is 1.09 bits per heavy atom. The summed E-state index contributed by atoms with van der Waals surface area (Å²) in [4.78, 5) is 12.7. The van der Waals surface area contributed by atoms with Crippen molar-refractivity contribution in [2.75, 3.05) is 12.0 Å². The van der Waals surface area contributed by atoms with Crippen LogP contribution in [0, 0.1) is 13.8 Å². The molecule has 3 rings (SSSR count). The number of carbonyl (C=O) groups is 1. The average Bonchev–Trinajstić information content (AvgIpc) is 2.67. The van der Waals surface area contributed by atoms with Crippen molar-refractivity contribution in [2.45, 2.75) is 20.3 Å². The molecule has 0 fully saturated rings. The Kier molecular flexibility index (Phi) is 3.92. The molecule has 0 aromatic heterocycles. The van der Waals surface area contributed by atoms with Crippen LogP contribution in [0.15, 0.2) is 47.6 Å². The largest absolute Gasteiger partial charge is 0.492 e. The number of rotatable bonds is 2. The van der Waals surface area contributed by atoms with E-state index in [1.165, 1.54) is 0 Å². The summed E-state index contributed by atoms with van der Waals surface area (Å²) in [6, 6.07) is 13.4. The van der Waals surface area contributed by atoms with Crippen molar-refractivity contribution in [3.63, 3.8) is 0 Å². The molecule has 0 amide bonds. The number of aryl methyl sites for hydroxylation is 2. The van der Waals surface area contributed by atoms with Gasteiger partial charge in [-0.3, -0.25) is 10.2 Å². The first-order valence-electron chi connectivity index (χ1n) is 7.31. The second kappa shape index (κ2) is 6.02. The number of Topliss-reactive ketones (excluding diaryl/α,β-unsaturated/α-hetero) is 1. The smallest absolute Gasteiger partial charge is 0.212 e. The van der Waals surface area contributed by atoms with Gasteiger partial charge >= 0.3 is 0 Å². The molecule has 112 valence electrons. The summed E-state index contributed by atoms with van der Waals surface area (Å²) in [7, 11) is 0. The molecule has 0 aliphatic carbocycles. The maximum atomic E-state index is 12.7. The van der Waals surface area contributed by atoms with E-state index in [1.54, 1.807) is 0 Å². The van der Waals surface area contributed by atoms with Gasteiger partial charge in [0.05, 0.1) is 17.9 Å². The van der Waals surface area contributed by atoms with E-state index in [2.05, 4.69) is 10.5 Å². The number of nitrogens with one attached hydrogen (secondary N) is 1. The first kappa shape index (κ1) is 14.3. The van der Waals surface area contributed by atoms with E-state index in [9.17, 15) is 4.79 Å². The normalized spacial score (nSPS) is 15.9. The number of carbonyl (C=O) groups excluding carboxylic acids is 1. The lowest BCUT2D eigenvalue weighted by atomic mass is 10.00. The summed E-state index contributed by atoms with van der Waals surface area (Å²) in [5, 5.41) is 4.28. The molecule has 22 heavy (non-hydrogen) atoms. The van der Waals surface area contributed by atoms with Crippen molar-refractivity contribution in [3.05, 3.63) is 59.2 Å². The van der Waals surface area contributed by atoms with Crippen LogP contribution in [0.3, 0.4) is 0 Å². The molecular formula is C18H18N2O2. The highest BCUT2D eigenvalue weighted by Crippen LogP contribution is 2.27. The SMILES string of the molecule is Cc1cc2c(cc1C)C(=O)/C(=N\Nc1ccccc1)CCO2. The molecule has 0 bridgehead atoms. The highest BCUT2D eigenvalue weighted by molar-refractivity contribution is 6.46. The van der Waals surface area contributed by atoms with Crippen molar-refractivity contribution < 1.29 is 9.53 Å². The van der Waals surface area contributed by atoms with Crippen LogP contribution in [0.1, 0.15) is 27.9 Å². The van der Waals surface area contributed by atoms with Crippen LogP contribution in [0.2, 0.25) is 0 Å². The molecule has 4 heteroatoms. The summed E-state index contributed by atoms with van der Waals surface area (Å²) in [5.74, 6) is 0.581. The van der Waals surface area contributed by atoms with Crippen LogP contribution >= 0.6 is 0 Å². The zero-order chi connectivity index (χ0) is 15.5. The number of anilines is 1. The number of para-hydroxylation sites is 1. The number of fused-ring (bicyclic) bond motifs is 1. The van der Waals surface area contributed by atoms with Crippen LogP contribution in [-0.2, 0) is 0 Å². The predicted molar refractivity (Wildman–Crippen MR) is 87.9 cm³/mol. The first-order valence-corrected chi connectivity index (χ1v) is 7.31. The average molecular weight is 294 g/mol. The molecule has 2 aromatic carbocycles. The molecule has 0 saturated heterocycles. The second-order valence-electron chi connectivity index (χ2n) is 5.40. The third-order valence-corrected chi connectivity index (χ3v) is 3.79. The standard InChI is InChI=1S/C18H18N2O2/c1-12-10-15-17(11-13(12)2)22-9-8-16(18(15)21)20-19-14-6-4-3-5-7-14/h3-7,10-11,19H,8-9H2,1-2H3/b20-16-. The van der Waals surface area contributed by atoms with Gasteiger partial charge in [-0.25, -0.2) is 0 Å². The highest BCUT2D eigenvalue weighted by Gasteiger charge is 2.23. The van der Waals surface area contributed by atoms with Gasteiger partial charge in [0, 0.05) is 6.42 Å². The molecule has 0 saturated carbocycles. The number of hydrazone groups is 1. The molecule has 0 unspecified atom stereocenters. The Morgan fingerprint density at radius 3 is 2.59 bits per heavy atom. The maximum absolute atomic E-state index is 12.7. The van der Waals surface area contributed by atoms with Gasteiger partial charge in [0.2, 0.25) is 5.78 Å². The van der Waals surface area contributed by atoms with Gasteiger partial charge in [-0.1, -0.05) is 18.2 Å². The third kappa shape index (κ3) is 2.86. The van der Waals surface area contributed by atoms with E-state index in [0.717, 1.165) is 16.8 Å². The van der Waals surface area contributed by atoms with Crippen molar-refractivity contribution >= 4 is 17.2 Å². The molecule has 1 heterocycles. The summed E-state index contributed by atoms with van der Waals surface area (Å²) in [6.07, 6.45) is 0.492. The number of benzene rings is 2. The van der Waals surface area contributed by atoms with Gasteiger partial charge in [0.1, 0.15) is 11.5 Å². The van der Waals surface area contributed by atoms with Crippen LogP contribution in [0.25, 0.3) is 0 Å². The van der Waals surface area contributed by atoms with Crippen LogP contribution in [0.4, 0.5) is 5.69 Å². The van der Waals surface area contributed by atoms with Crippen molar-refractivity contribution in [1.82, 2.24) is 0 Å². The number of ketones is 1. The van der Waals surface area contributed by atoms with Crippen LogP contribution in [-0.4, -0.2) is 18.1 Å². The minimum atomic E-state index is -0.0703. The Bertz CT molecular complexity index is 736. The van der Waals surface area contributed by atoms with Crippen molar-refractivity contribution in [3.8, 4) is 5.75 Å². The molecule has 1 aliphatic rings. The van der Waals surface area contributed by atoms with E-state index in [4.69, 9.17) is 4.74 Å². The van der Waals surface area contributed by atoms with Crippen molar-refractivity contribution in [1.29, 1.82) is 0 Å². The van der Waals surface area contributed by atoms with Gasteiger partial charge in [-0.15, -0.1) is 0 Å². The van der Waals surface area contributed by atoms with E-state index in [-0.39, 0.29) is 5.78 Å². The highest BCUT2D eigenvalue weighted by atomic mass is 16.5. The number of hydrogen-bond donors (Lipinski definition) is 1. The zero-order valence-electron chi connectivity index (χ0n) is 12.7. The van der Waals surface area contributed by atoms with Gasteiger partial charge in [-0.05, 0) is 49.2 Å². The third-order valence-electron chi connectivity index (χ3n) is 3.79. The monoisotopic (exact) mass is 294 g/mol. The number of nitrogens with zero attached hydrogens (tertiary/aromatic N) is 1. The Morgan fingerprint density at radius 2 is 1.82 bits per heavy atom. The van der Waals surface area contributed by atoms with E-state index < -0.39 is 0 Å². The molecule has 1 N–H and O–H groups in total. The Hall–Kier alpha value is -2.62. The van der Waals surface area contributed by atoms with Gasteiger partial charge in [0.25, 0.3) is 0 Å². The molecule has 0 spiro atoms. The summed E-state index contributed by atoms with van der Waals surface area (Å²) < 4.78 is 5.71. The lowest BCUT2D eigenvalue weighted by Crippen LogP contribution is -2.15. The molecule has 0 atom stereocenters. The lowest BCUT2D eigenvalue weighted by Gasteiger charge is -2.09. The zero-order valence-corrected chi connectivity index (χ0v) is 12.7. The second-order valence-corrected chi connectivity index (χ2v) is 5.40. The molecular weight excluding hydrogens is 276 g/mol. The fraction of sp³-hybridized carbons (Fsp3) is 0.222. The van der Waals surface area contributed by atoms with Crippen LogP contribution < -0.4 is 10.2 Å². The number of ether oxygens (including phenoxy) is 1. The first-order chi connectivity index (χ1) is 10.6. The van der Waals surface area contributed by atoms with E-state index in [0.29, 0.717) is 30.1 Å². The van der Waals surface area contributed by atoms with Crippen LogP contribution in [0.5, 0.6) is 5.75 Å². The molecule has 0 radical (unpaired) electrons. The number of hydrogen-bond acceptors (Lipinski definition) is 4. The molecule has 1 aliphatic heterocycles. The van der Waals surface area contributed by atoms with Gasteiger partial charge < -0.3 is 4.74 Å².